The van der Waals surface area contributed by atoms with Crippen LogP contribution in [-0.4, -0.2) is 35.0 Å². The van der Waals surface area contributed by atoms with Gasteiger partial charge in [-0.25, -0.2) is 0 Å². The molecule has 0 aliphatic carbocycles. The zero-order valence-corrected chi connectivity index (χ0v) is 12.5. The lowest BCUT2D eigenvalue weighted by atomic mass is 9.96. The first kappa shape index (κ1) is 14.6. The summed E-state index contributed by atoms with van der Waals surface area (Å²) in [4.78, 5) is 25.3. The number of aromatic nitrogens is 1. The molecule has 3 rings (SSSR count). The van der Waals surface area contributed by atoms with Crippen LogP contribution in [0.1, 0.15) is 24.1 Å². The van der Waals surface area contributed by atoms with Crippen LogP contribution in [0.5, 0.6) is 0 Å². The van der Waals surface area contributed by atoms with Crippen LogP contribution in [0.25, 0.3) is 11.0 Å². The Bertz CT molecular complexity index is 714. The van der Waals surface area contributed by atoms with Gasteiger partial charge in [0.25, 0.3) is 0 Å². The molecule has 2 aromatic rings. The van der Waals surface area contributed by atoms with Crippen LogP contribution < -0.4 is 5.73 Å². The average Bonchev–Trinajstić information content (AvgIpc) is 2.89. The van der Waals surface area contributed by atoms with Crippen molar-refractivity contribution in [2.45, 2.75) is 26.2 Å². The maximum atomic E-state index is 12.4. The predicted molar refractivity (Wildman–Crippen MR) is 80.9 cm³/mol. The number of likely N-dealkylation sites (tertiary alicyclic amines) is 1. The van der Waals surface area contributed by atoms with E-state index in [-0.39, 0.29) is 24.2 Å². The van der Waals surface area contributed by atoms with Gasteiger partial charge >= 0.3 is 0 Å². The molecule has 1 aliphatic rings. The molecule has 2 amide bonds. The fraction of sp³-hybridized carbons (Fsp3) is 0.438. The van der Waals surface area contributed by atoms with Crippen molar-refractivity contribution < 1.29 is 14.1 Å². The fourth-order valence-electron chi connectivity index (χ4n) is 2.90. The zero-order chi connectivity index (χ0) is 15.7. The van der Waals surface area contributed by atoms with Gasteiger partial charge in [-0.05, 0) is 31.9 Å². The summed E-state index contributed by atoms with van der Waals surface area (Å²) in [5, 5.41) is 4.91. The van der Waals surface area contributed by atoms with Crippen LogP contribution in [0.3, 0.4) is 0 Å². The van der Waals surface area contributed by atoms with Gasteiger partial charge in [-0.3, -0.25) is 9.59 Å². The average molecular weight is 301 g/mol. The number of primary amides is 1. The topological polar surface area (TPSA) is 89.4 Å². The SMILES string of the molecule is Cc1ccc2onc(CC(=O)N3CCC(C(N)=O)CC3)c2c1. The van der Waals surface area contributed by atoms with E-state index in [0.29, 0.717) is 37.2 Å². The smallest absolute Gasteiger partial charge is 0.228 e. The lowest BCUT2D eigenvalue weighted by Crippen LogP contribution is -2.42. The zero-order valence-electron chi connectivity index (χ0n) is 12.5. The highest BCUT2D eigenvalue weighted by Crippen LogP contribution is 2.22. The van der Waals surface area contributed by atoms with Crippen molar-refractivity contribution >= 4 is 22.8 Å². The largest absolute Gasteiger partial charge is 0.369 e. The van der Waals surface area contributed by atoms with Crippen molar-refractivity contribution in [3.63, 3.8) is 0 Å². The number of nitrogens with two attached hydrogens (primary N) is 1. The van der Waals surface area contributed by atoms with Gasteiger partial charge in [0.2, 0.25) is 11.8 Å². The molecular formula is C16H19N3O3. The Morgan fingerprint density at radius 1 is 1.36 bits per heavy atom. The molecule has 1 saturated heterocycles. The molecule has 1 aromatic carbocycles. The van der Waals surface area contributed by atoms with Crippen molar-refractivity contribution in [1.82, 2.24) is 10.1 Å². The van der Waals surface area contributed by atoms with Crippen LogP contribution in [0.15, 0.2) is 22.7 Å². The first-order valence-corrected chi connectivity index (χ1v) is 7.46. The normalized spacial score (nSPS) is 16.1. The number of benzene rings is 1. The minimum absolute atomic E-state index is 0.0135. The summed E-state index contributed by atoms with van der Waals surface area (Å²) in [5.74, 6) is -0.371. The summed E-state index contributed by atoms with van der Waals surface area (Å²) < 4.78 is 5.26. The third kappa shape index (κ3) is 2.81. The van der Waals surface area contributed by atoms with E-state index in [9.17, 15) is 9.59 Å². The lowest BCUT2D eigenvalue weighted by molar-refractivity contribution is -0.134. The molecular weight excluding hydrogens is 282 g/mol. The third-order valence-corrected chi connectivity index (χ3v) is 4.27. The van der Waals surface area contributed by atoms with E-state index in [2.05, 4.69) is 5.16 Å². The molecule has 2 N–H and O–H groups in total. The van der Waals surface area contributed by atoms with Gasteiger partial charge in [0.15, 0.2) is 5.58 Å². The maximum absolute atomic E-state index is 12.4. The fourth-order valence-corrected chi connectivity index (χ4v) is 2.90. The Hall–Kier alpha value is -2.37. The van der Waals surface area contributed by atoms with Crippen LogP contribution in [0.4, 0.5) is 0 Å². The van der Waals surface area contributed by atoms with Gasteiger partial charge in [0, 0.05) is 24.4 Å². The summed E-state index contributed by atoms with van der Waals surface area (Å²) >= 11 is 0. The molecule has 0 spiro atoms. The van der Waals surface area contributed by atoms with Crippen LogP contribution in [-0.2, 0) is 16.0 Å². The van der Waals surface area contributed by atoms with E-state index in [4.69, 9.17) is 10.3 Å². The Balaban J connectivity index is 1.69. The Kier molecular flexibility index (Phi) is 3.83. The van der Waals surface area contributed by atoms with Gasteiger partial charge < -0.3 is 15.2 Å². The quantitative estimate of drug-likeness (QED) is 0.928. The number of hydrogen-bond acceptors (Lipinski definition) is 4. The molecule has 6 heteroatoms. The highest BCUT2D eigenvalue weighted by molar-refractivity contribution is 5.87. The standard InChI is InChI=1S/C16H19N3O3/c1-10-2-3-14-12(8-10)13(18-22-14)9-15(20)19-6-4-11(5-7-19)16(17)21/h2-3,8,11H,4-7,9H2,1H3,(H2,17,21). The predicted octanol–water partition coefficient (Wildman–Crippen LogP) is 1.40. The van der Waals surface area contributed by atoms with E-state index in [0.717, 1.165) is 10.9 Å². The first-order chi connectivity index (χ1) is 10.5. The van der Waals surface area contributed by atoms with Crippen LogP contribution >= 0.6 is 0 Å². The molecule has 0 saturated carbocycles. The number of piperidine rings is 1. The Labute approximate surface area is 128 Å². The van der Waals surface area contributed by atoms with Gasteiger partial charge in [-0.2, -0.15) is 0 Å². The van der Waals surface area contributed by atoms with Crippen molar-refractivity contribution in [3.05, 3.63) is 29.5 Å². The van der Waals surface area contributed by atoms with E-state index in [1.54, 1.807) is 4.90 Å². The van der Waals surface area contributed by atoms with Crippen LogP contribution in [0, 0.1) is 12.8 Å². The Morgan fingerprint density at radius 2 is 2.09 bits per heavy atom. The van der Waals surface area contributed by atoms with Crippen molar-refractivity contribution in [2.24, 2.45) is 11.7 Å². The highest BCUT2D eigenvalue weighted by atomic mass is 16.5. The maximum Gasteiger partial charge on any atom is 0.228 e. The van der Waals surface area contributed by atoms with Crippen molar-refractivity contribution in [3.8, 4) is 0 Å². The number of hydrogen-bond donors (Lipinski definition) is 1. The molecule has 2 heterocycles. The second-order valence-electron chi connectivity index (χ2n) is 5.86. The molecule has 1 aromatic heterocycles. The number of aryl methyl sites for hydroxylation is 1. The van der Waals surface area contributed by atoms with Gasteiger partial charge in [-0.15, -0.1) is 0 Å². The van der Waals surface area contributed by atoms with Gasteiger partial charge in [0.05, 0.1) is 6.42 Å². The summed E-state index contributed by atoms with van der Waals surface area (Å²) in [6, 6.07) is 5.80. The number of nitrogens with zero attached hydrogens (tertiary/aromatic N) is 2. The minimum Gasteiger partial charge on any atom is -0.369 e. The van der Waals surface area contributed by atoms with Gasteiger partial charge in [0.1, 0.15) is 5.69 Å². The number of carbonyl (C=O) groups excluding carboxylic acids is 2. The summed E-state index contributed by atoms with van der Waals surface area (Å²) in [7, 11) is 0. The summed E-state index contributed by atoms with van der Waals surface area (Å²) in [6.45, 7) is 3.13. The van der Waals surface area contributed by atoms with E-state index < -0.39 is 0 Å². The number of amides is 2. The van der Waals surface area contributed by atoms with Crippen LogP contribution in [0.2, 0.25) is 0 Å². The molecule has 0 radical (unpaired) electrons. The second kappa shape index (κ2) is 5.79. The summed E-state index contributed by atoms with van der Waals surface area (Å²) in [5.41, 5.74) is 7.78. The molecule has 0 bridgehead atoms. The molecule has 1 fully saturated rings. The van der Waals surface area contributed by atoms with Crippen molar-refractivity contribution in [1.29, 1.82) is 0 Å². The third-order valence-electron chi connectivity index (χ3n) is 4.27. The van der Waals surface area contributed by atoms with E-state index in [1.807, 2.05) is 25.1 Å². The molecule has 0 unspecified atom stereocenters. The van der Waals surface area contributed by atoms with E-state index >= 15 is 0 Å². The minimum atomic E-state index is -0.273. The molecule has 116 valence electrons. The van der Waals surface area contributed by atoms with E-state index in [1.165, 1.54) is 0 Å². The Morgan fingerprint density at radius 3 is 2.77 bits per heavy atom. The number of fused-ring (bicyclic) bond motifs is 1. The highest BCUT2D eigenvalue weighted by Gasteiger charge is 2.26. The lowest BCUT2D eigenvalue weighted by Gasteiger charge is -2.30. The molecule has 6 nitrogen and oxygen atoms in total. The second-order valence-corrected chi connectivity index (χ2v) is 5.86. The van der Waals surface area contributed by atoms with Gasteiger partial charge in [-0.1, -0.05) is 16.8 Å². The molecule has 1 aliphatic heterocycles. The summed E-state index contributed by atoms with van der Waals surface area (Å²) in [6.07, 6.45) is 1.50. The number of carbonyl (C=O) groups is 2. The van der Waals surface area contributed by atoms with Crippen molar-refractivity contribution in [2.75, 3.05) is 13.1 Å². The molecule has 0 atom stereocenters. The number of rotatable bonds is 3. The monoisotopic (exact) mass is 301 g/mol. The first-order valence-electron chi connectivity index (χ1n) is 7.46. The molecule has 22 heavy (non-hydrogen) atoms.